The quantitative estimate of drug-likeness (QED) is 0.370. The molecule has 4 rings (SSSR count). The van der Waals surface area contributed by atoms with E-state index in [1.807, 2.05) is 20.8 Å². The molecule has 7 nitrogen and oxygen atoms in total. The highest BCUT2D eigenvalue weighted by atomic mass is 19.1. The molecule has 0 saturated heterocycles. The number of alkyl halides is 1. The third-order valence-corrected chi connectivity index (χ3v) is 11.1. The molecular weight excluding hydrogens is 527 g/mol. The number of carbonyl (C=O) groups is 4. The largest absolute Gasteiger partial charge is 0.457 e. The Bertz CT molecular complexity index is 1130. The molecular formula is C33H49FO7. The molecule has 8 heteroatoms. The molecule has 8 atom stereocenters. The van der Waals surface area contributed by atoms with Gasteiger partial charge >= 0.3 is 11.9 Å². The van der Waals surface area contributed by atoms with Crippen LogP contribution in [-0.2, 0) is 28.7 Å². The number of ketones is 2. The number of Topliss-reactive ketones (excluding diaryl/α,β-unsaturated/α-hetero) is 1. The summed E-state index contributed by atoms with van der Waals surface area (Å²) >= 11 is 0. The summed E-state index contributed by atoms with van der Waals surface area (Å²) in [7, 11) is 0. The number of fused-ring (bicyclic) bond motifs is 5. The second kappa shape index (κ2) is 11.7. The molecule has 0 amide bonds. The Labute approximate surface area is 244 Å². The highest BCUT2D eigenvalue weighted by Crippen LogP contribution is 2.76. The number of rotatable bonds is 7. The maximum atomic E-state index is 17.6. The molecule has 0 aromatic heterocycles. The molecule has 0 spiro atoms. The van der Waals surface area contributed by atoms with Crippen molar-refractivity contribution in [2.75, 3.05) is 6.61 Å². The number of halogens is 1. The second-order valence-corrected chi connectivity index (χ2v) is 13.0. The molecule has 4 aliphatic carbocycles. The first-order chi connectivity index (χ1) is 19.1. The Hall–Kier alpha value is -2.35. The number of aliphatic hydroxyl groups excluding tert-OH is 1. The number of allylic oxidation sites excluding steroid dienone is 4. The number of carbonyl (C=O) groups excluding carboxylic acids is 4. The smallest absolute Gasteiger partial charge is 0.306 e. The third-order valence-electron chi connectivity index (χ3n) is 11.1. The van der Waals surface area contributed by atoms with E-state index in [9.17, 15) is 24.3 Å². The standard InChI is InChI=1S/C29H39FO7.C4H10/c1-7-23(34)36-16-22(33)29(37-24(35)8-2)17(3)14-26(5)20-10-9-18-13-19(31)11-12-25(18,4)28(20,30)21(32)15-27(26,29)6;1-3-4-2/h11-13,17,20-21,32H,7-10,14-16H2,1-6H3;3-4H2,1-2H3/t17?,20?,21?,25?,26-,27?,28-,29-;/m0./s1. The first kappa shape index (κ1) is 33.2. The lowest BCUT2D eigenvalue weighted by molar-refractivity contribution is -0.252. The summed E-state index contributed by atoms with van der Waals surface area (Å²) in [6.07, 6.45) is 6.84. The van der Waals surface area contributed by atoms with E-state index >= 15 is 4.39 Å². The van der Waals surface area contributed by atoms with Crippen molar-refractivity contribution in [3.05, 3.63) is 23.8 Å². The van der Waals surface area contributed by atoms with Crippen LogP contribution < -0.4 is 0 Å². The van der Waals surface area contributed by atoms with Crippen LogP contribution in [0.3, 0.4) is 0 Å². The maximum Gasteiger partial charge on any atom is 0.306 e. The molecule has 5 unspecified atom stereocenters. The van der Waals surface area contributed by atoms with Gasteiger partial charge < -0.3 is 14.6 Å². The van der Waals surface area contributed by atoms with E-state index in [4.69, 9.17) is 9.47 Å². The number of esters is 2. The highest BCUT2D eigenvalue weighted by Gasteiger charge is 2.81. The lowest BCUT2D eigenvalue weighted by atomic mass is 9.40. The van der Waals surface area contributed by atoms with Crippen LogP contribution in [0, 0.1) is 28.1 Å². The lowest BCUT2D eigenvalue weighted by Crippen LogP contribution is -2.73. The van der Waals surface area contributed by atoms with Crippen LogP contribution in [0.4, 0.5) is 4.39 Å². The Balaban J connectivity index is 0.00000108. The van der Waals surface area contributed by atoms with E-state index in [1.54, 1.807) is 26.8 Å². The van der Waals surface area contributed by atoms with E-state index in [0.717, 1.165) is 0 Å². The molecule has 230 valence electrons. The maximum absolute atomic E-state index is 17.6. The van der Waals surface area contributed by atoms with Gasteiger partial charge in [0.1, 0.15) is 0 Å². The van der Waals surface area contributed by atoms with E-state index in [-0.39, 0.29) is 25.0 Å². The van der Waals surface area contributed by atoms with Gasteiger partial charge in [-0.25, -0.2) is 4.39 Å². The van der Waals surface area contributed by atoms with Crippen LogP contribution in [-0.4, -0.2) is 52.6 Å². The topological polar surface area (TPSA) is 107 Å². The van der Waals surface area contributed by atoms with Crippen LogP contribution in [0.2, 0.25) is 0 Å². The van der Waals surface area contributed by atoms with Crippen molar-refractivity contribution in [1.29, 1.82) is 0 Å². The predicted molar refractivity (Wildman–Crippen MR) is 153 cm³/mol. The molecule has 3 fully saturated rings. The second-order valence-electron chi connectivity index (χ2n) is 13.0. The minimum atomic E-state index is -2.09. The van der Waals surface area contributed by atoms with Crippen molar-refractivity contribution in [3.63, 3.8) is 0 Å². The van der Waals surface area contributed by atoms with Crippen molar-refractivity contribution in [2.24, 2.45) is 28.1 Å². The van der Waals surface area contributed by atoms with Crippen LogP contribution >= 0.6 is 0 Å². The monoisotopic (exact) mass is 576 g/mol. The SMILES string of the molecule is CCC(=O)OCC(=O)[C@@]1(OC(=O)CC)C(C)C[C@@]2(C)C3CCC4=CC(=O)C=CC4(C)[C@@]3(F)C(O)CC21C.CCCC. The molecule has 41 heavy (non-hydrogen) atoms. The summed E-state index contributed by atoms with van der Waals surface area (Å²) in [6.45, 7) is 14.4. The fourth-order valence-electron chi connectivity index (χ4n) is 8.54. The normalized spacial score (nSPS) is 40.7. The summed E-state index contributed by atoms with van der Waals surface area (Å²) < 4.78 is 28.9. The minimum Gasteiger partial charge on any atom is -0.457 e. The van der Waals surface area contributed by atoms with Crippen molar-refractivity contribution < 1.29 is 38.1 Å². The number of hydrogen-bond acceptors (Lipinski definition) is 7. The minimum absolute atomic E-state index is 0.0351. The van der Waals surface area contributed by atoms with Gasteiger partial charge in [-0.1, -0.05) is 73.0 Å². The number of unbranched alkanes of at least 4 members (excludes halogenated alkanes) is 1. The molecule has 0 aromatic rings. The van der Waals surface area contributed by atoms with E-state index in [2.05, 4.69) is 13.8 Å². The Morgan fingerprint density at radius 1 is 1.02 bits per heavy atom. The van der Waals surface area contributed by atoms with Gasteiger partial charge in [0, 0.05) is 35.5 Å². The molecule has 0 aliphatic heterocycles. The average molecular weight is 577 g/mol. The number of ether oxygens (including phenoxy) is 2. The van der Waals surface area contributed by atoms with E-state index in [1.165, 1.54) is 25.0 Å². The number of hydrogen-bond donors (Lipinski definition) is 1. The van der Waals surface area contributed by atoms with Gasteiger partial charge in [0.2, 0.25) is 5.78 Å². The lowest BCUT2D eigenvalue weighted by Gasteiger charge is -2.66. The summed E-state index contributed by atoms with van der Waals surface area (Å²) in [4.78, 5) is 50.7. The van der Waals surface area contributed by atoms with Gasteiger partial charge in [-0.2, -0.15) is 0 Å². The van der Waals surface area contributed by atoms with Crippen LogP contribution in [0.5, 0.6) is 0 Å². The molecule has 4 aliphatic rings. The Morgan fingerprint density at radius 3 is 2.20 bits per heavy atom. The Morgan fingerprint density at radius 2 is 1.63 bits per heavy atom. The van der Waals surface area contributed by atoms with Gasteiger partial charge in [0.05, 0.1) is 6.10 Å². The van der Waals surface area contributed by atoms with Crippen LogP contribution in [0.1, 0.15) is 107 Å². The van der Waals surface area contributed by atoms with Crippen LogP contribution in [0.15, 0.2) is 23.8 Å². The summed E-state index contributed by atoms with van der Waals surface area (Å²) in [5.74, 6) is -3.04. The summed E-state index contributed by atoms with van der Waals surface area (Å²) in [5, 5.41) is 11.6. The number of aliphatic hydroxyl groups is 1. The molecule has 0 heterocycles. The molecule has 0 radical (unpaired) electrons. The fourth-order valence-corrected chi connectivity index (χ4v) is 8.54. The zero-order valence-corrected chi connectivity index (χ0v) is 26.1. The molecule has 0 aromatic carbocycles. The van der Waals surface area contributed by atoms with Crippen LogP contribution in [0.25, 0.3) is 0 Å². The zero-order valence-electron chi connectivity index (χ0n) is 26.1. The van der Waals surface area contributed by atoms with Gasteiger partial charge in [-0.15, -0.1) is 0 Å². The summed E-state index contributed by atoms with van der Waals surface area (Å²) in [5.41, 5.74) is -6.27. The fraction of sp³-hybridized carbons (Fsp3) is 0.758. The average Bonchev–Trinajstić information content (AvgIpc) is 3.10. The van der Waals surface area contributed by atoms with Gasteiger partial charge in [0.15, 0.2) is 23.7 Å². The van der Waals surface area contributed by atoms with Gasteiger partial charge in [0.25, 0.3) is 0 Å². The van der Waals surface area contributed by atoms with Gasteiger partial charge in [-0.3, -0.25) is 19.2 Å². The van der Waals surface area contributed by atoms with Crippen molar-refractivity contribution in [3.8, 4) is 0 Å². The summed E-state index contributed by atoms with van der Waals surface area (Å²) in [6, 6.07) is 0. The predicted octanol–water partition coefficient (Wildman–Crippen LogP) is 6.01. The zero-order chi connectivity index (χ0) is 31.0. The van der Waals surface area contributed by atoms with Gasteiger partial charge in [-0.05, 0) is 50.2 Å². The Kier molecular flexibility index (Phi) is 9.49. The van der Waals surface area contributed by atoms with E-state index < -0.39 is 69.8 Å². The van der Waals surface area contributed by atoms with Crippen molar-refractivity contribution in [2.45, 2.75) is 124 Å². The first-order valence-corrected chi connectivity index (χ1v) is 15.3. The molecule has 0 bridgehead atoms. The van der Waals surface area contributed by atoms with Crippen molar-refractivity contribution >= 4 is 23.5 Å². The van der Waals surface area contributed by atoms with Crippen molar-refractivity contribution in [1.82, 2.24) is 0 Å². The third kappa shape index (κ3) is 4.72. The molecule has 3 saturated carbocycles. The highest BCUT2D eigenvalue weighted by molar-refractivity contribution is 6.01. The first-order valence-electron chi connectivity index (χ1n) is 15.3. The van der Waals surface area contributed by atoms with E-state index in [0.29, 0.717) is 24.8 Å². The molecule has 1 N–H and O–H groups in total.